The molecule has 0 fully saturated rings. The first kappa shape index (κ1) is 17.8. The van der Waals surface area contributed by atoms with Gasteiger partial charge in [0.2, 0.25) is 0 Å². The van der Waals surface area contributed by atoms with Crippen LogP contribution < -0.4 is 5.32 Å². The van der Waals surface area contributed by atoms with Crippen molar-refractivity contribution in [2.24, 2.45) is 0 Å². The molecule has 0 aliphatic carbocycles. The number of rotatable bonds is 2. The van der Waals surface area contributed by atoms with Gasteiger partial charge in [-0.25, -0.2) is 4.68 Å². The van der Waals surface area contributed by atoms with E-state index in [2.05, 4.69) is 10.4 Å². The molecule has 1 atom stereocenters. The van der Waals surface area contributed by atoms with E-state index in [1.54, 1.807) is 13.0 Å². The molecule has 132 valence electrons. The van der Waals surface area contributed by atoms with E-state index in [0.717, 1.165) is 10.7 Å². The Hall–Kier alpha value is -1.99. The summed E-state index contributed by atoms with van der Waals surface area (Å²) in [5, 5.41) is 7.02. The van der Waals surface area contributed by atoms with Gasteiger partial charge in [-0.3, -0.25) is 4.79 Å². The number of fused-ring (bicyclic) bond motifs is 1. The molecule has 1 aliphatic rings. The summed E-state index contributed by atoms with van der Waals surface area (Å²) < 4.78 is 40.3. The Kier molecular flexibility index (Phi) is 4.33. The maximum Gasteiger partial charge on any atom is 0.435 e. The molecule has 1 aliphatic heterocycles. The average molecular weight is 390 g/mol. The molecule has 3 rings (SSSR count). The van der Waals surface area contributed by atoms with Gasteiger partial charge in [0.1, 0.15) is 11.9 Å². The van der Waals surface area contributed by atoms with Gasteiger partial charge in [0.05, 0.1) is 10.0 Å². The van der Waals surface area contributed by atoms with Crippen LogP contribution in [0, 0.1) is 0 Å². The predicted molar refractivity (Wildman–Crippen MR) is 88.8 cm³/mol. The first-order valence-corrected chi connectivity index (χ1v) is 7.95. The molecule has 2 aromatic rings. The Morgan fingerprint density at radius 1 is 1.24 bits per heavy atom. The number of carbonyl (C=O) groups excluding carboxylic acids is 1. The van der Waals surface area contributed by atoms with Gasteiger partial charge in [0, 0.05) is 17.3 Å². The van der Waals surface area contributed by atoms with Crippen molar-refractivity contribution in [1.82, 2.24) is 9.78 Å². The van der Waals surface area contributed by atoms with Gasteiger partial charge in [-0.15, -0.1) is 0 Å². The van der Waals surface area contributed by atoms with Crippen molar-refractivity contribution >= 4 is 34.8 Å². The summed E-state index contributed by atoms with van der Waals surface area (Å²) >= 11 is 12.0. The zero-order chi connectivity index (χ0) is 18.5. The van der Waals surface area contributed by atoms with Gasteiger partial charge < -0.3 is 5.32 Å². The summed E-state index contributed by atoms with van der Waals surface area (Å²) in [7, 11) is 0. The Bertz CT molecular complexity index is 903. The van der Waals surface area contributed by atoms with E-state index in [4.69, 9.17) is 23.2 Å². The van der Waals surface area contributed by atoms with Crippen molar-refractivity contribution in [1.29, 1.82) is 0 Å². The van der Waals surface area contributed by atoms with Crippen LogP contribution >= 0.6 is 23.2 Å². The molecular weight excluding hydrogens is 378 g/mol. The second kappa shape index (κ2) is 6.07. The molecule has 1 N–H and O–H groups in total. The number of halogens is 5. The third-order valence-electron chi connectivity index (χ3n) is 3.90. The number of aromatic nitrogens is 2. The molecule has 2 heterocycles. The van der Waals surface area contributed by atoms with Crippen molar-refractivity contribution in [3.05, 3.63) is 56.8 Å². The van der Waals surface area contributed by atoms with Crippen LogP contribution in [0.4, 0.5) is 19.0 Å². The lowest BCUT2D eigenvalue weighted by Gasteiger charge is -2.29. The molecule has 1 unspecified atom stereocenters. The number of ketones is 1. The number of hydrogen-bond donors (Lipinski definition) is 1. The van der Waals surface area contributed by atoms with Crippen LogP contribution in [0.15, 0.2) is 35.5 Å². The van der Waals surface area contributed by atoms with Crippen LogP contribution in [0.5, 0.6) is 0 Å². The minimum atomic E-state index is -4.60. The maximum absolute atomic E-state index is 13.1. The van der Waals surface area contributed by atoms with Gasteiger partial charge in [-0.2, -0.15) is 18.3 Å². The summed E-state index contributed by atoms with van der Waals surface area (Å²) in [5.41, 5.74) is 0.239. The summed E-state index contributed by atoms with van der Waals surface area (Å²) in [6.45, 7) is 2.98. The monoisotopic (exact) mass is 389 g/mol. The Balaban J connectivity index is 2.23. The number of hydrogen-bond acceptors (Lipinski definition) is 3. The molecule has 1 aromatic heterocycles. The first-order chi connectivity index (χ1) is 11.6. The number of nitrogens with zero attached hydrogens (tertiary/aromatic N) is 2. The van der Waals surface area contributed by atoms with Crippen LogP contribution in [0.3, 0.4) is 0 Å². The maximum atomic E-state index is 13.1. The highest BCUT2D eigenvalue weighted by atomic mass is 35.5. The number of anilines is 1. The topological polar surface area (TPSA) is 46.9 Å². The van der Waals surface area contributed by atoms with Gasteiger partial charge >= 0.3 is 6.18 Å². The summed E-state index contributed by atoms with van der Waals surface area (Å²) in [6.07, 6.45) is -4.60. The summed E-state index contributed by atoms with van der Waals surface area (Å²) in [6, 6.07) is 4.74. The van der Waals surface area contributed by atoms with Crippen LogP contribution in [0.1, 0.15) is 31.1 Å². The number of Topliss-reactive ketones (excluding diaryl/α,β-unsaturated/α-hetero) is 1. The molecule has 4 nitrogen and oxygen atoms in total. The summed E-state index contributed by atoms with van der Waals surface area (Å²) in [4.78, 5) is 12.1. The average Bonchev–Trinajstić information content (AvgIpc) is 2.92. The van der Waals surface area contributed by atoms with Crippen molar-refractivity contribution in [2.75, 3.05) is 5.32 Å². The van der Waals surface area contributed by atoms with E-state index >= 15 is 0 Å². The Morgan fingerprint density at radius 2 is 1.92 bits per heavy atom. The number of benzene rings is 1. The highest BCUT2D eigenvalue weighted by Gasteiger charge is 2.39. The molecule has 0 radical (unpaired) electrons. The van der Waals surface area contributed by atoms with Crippen LogP contribution in [0.2, 0.25) is 10.0 Å². The highest BCUT2D eigenvalue weighted by molar-refractivity contribution is 6.42. The highest BCUT2D eigenvalue weighted by Crippen LogP contribution is 2.40. The molecule has 0 spiro atoms. The minimum Gasteiger partial charge on any atom is -0.344 e. The van der Waals surface area contributed by atoms with E-state index in [1.807, 2.05) is 0 Å². The van der Waals surface area contributed by atoms with Crippen LogP contribution in [-0.2, 0) is 11.0 Å². The lowest BCUT2D eigenvalue weighted by atomic mass is 9.93. The fraction of sp³-hybridized carbons (Fsp3) is 0.250. The fourth-order valence-electron chi connectivity index (χ4n) is 2.86. The van der Waals surface area contributed by atoms with Crippen molar-refractivity contribution in [2.45, 2.75) is 26.1 Å². The molecular formula is C16H12Cl2F3N3O. The van der Waals surface area contributed by atoms with E-state index in [0.29, 0.717) is 21.9 Å². The number of nitrogens with one attached hydrogen (secondary N) is 1. The second-order valence-corrected chi connectivity index (χ2v) is 6.47. The molecule has 9 heteroatoms. The van der Waals surface area contributed by atoms with E-state index in [-0.39, 0.29) is 16.6 Å². The molecule has 0 amide bonds. The van der Waals surface area contributed by atoms with E-state index in [9.17, 15) is 18.0 Å². The Morgan fingerprint density at radius 3 is 2.48 bits per heavy atom. The third kappa shape index (κ3) is 3.14. The summed E-state index contributed by atoms with van der Waals surface area (Å²) in [5.74, 6) is -0.137. The van der Waals surface area contributed by atoms with Crippen molar-refractivity contribution < 1.29 is 18.0 Å². The smallest absolute Gasteiger partial charge is 0.344 e. The zero-order valence-electron chi connectivity index (χ0n) is 13.1. The third-order valence-corrected chi connectivity index (χ3v) is 4.64. The second-order valence-electron chi connectivity index (χ2n) is 5.65. The number of alkyl halides is 3. The normalized spacial score (nSPS) is 17.3. The lowest BCUT2D eigenvalue weighted by molar-refractivity contribution is -0.141. The quantitative estimate of drug-likeness (QED) is 0.778. The molecule has 0 saturated heterocycles. The van der Waals surface area contributed by atoms with Crippen molar-refractivity contribution in [3.63, 3.8) is 0 Å². The lowest BCUT2D eigenvalue weighted by Crippen LogP contribution is -2.27. The first-order valence-electron chi connectivity index (χ1n) is 7.20. The van der Waals surface area contributed by atoms with E-state index < -0.39 is 17.9 Å². The SMILES string of the molecule is CC(=O)C1=C(C)Nc2cc(C(F)(F)F)nn2C1c1ccc(Cl)c(Cl)c1. The van der Waals surface area contributed by atoms with Crippen molar-refractivity contribution in [3.8, 4) is 0 Å². The van der Waals surface area contributed by atoms with Gasteiger partial charge in [-0.1, -0.05) is 29.3 Å². The van der Waals surface area contributed by atoms with Gasteiger partial charge in [0.25, 0.3) is 0 Å². The Labute approximate surface area is 151 Å². The van der Waals surface area contributed by atoms with Gasteiger partial charge in [0.15, 0.2) is 11.5 Å². The minimum absolute atomic E-state index is 0.144. The molecule has 1 aromatic carbocycles. The zero-order valence-corrected chi connectivity index (χ0v) is 14.6. The van der Waals surface area contributed by atoms with E-state index in [1.165, 1.54) is 19.1 Å². The molecule has 25 heavy (non-hydrogen) atoms. The molecule has 0 bridgehead atoms. The number of carbonyl (C=O) groups is 1. The van der Waals surface area contributed by atoms with Crippen LogP contribution in [-0.4, -0.2) is 15.6 Å². The van der Waals surface area contributed by atoms with Gasteiger partial charge in [-0.05, 0) is 31.5 Å². The van der Waals surface area contributed by atoms with Crippen LogP contribution in [0.25, 0.3) is 0 Å². The molecule has 0 saturated carbocycles. The largest absolute Gasteiger partial charge is 0.435 e. The predicted octanol–water partition coefficient (Wildman–Crippen LogP) is 5.09. The standard InChI is InChI=1S/C16H12Cl2F3N3O/c1-7-14(8(2)25)15(9-3-4-10(17)11(18)5-9)24-13(22-7)6-12(23-24)16(19,20)21/h3-6,15,22H,1-2H3. The number of allylic oxidation sites excluding steroid dienone is 2. The fourth-order valence-corrected chi connectivity index (χ4v) is 3.16.